The van der Waals surface area contributed by atoms with Crippen LogP contribution in [0.15, 0.2) is 24.8 Å². The monoisotopic (exact) mass is 676 g/mol. The Kier molecular flexibility index (Phi) is 14.3. The molecule has 2 amide bonds. The van der Waals surface area contributed by atoms with Crippen LogP contribution in [0.25, 0.3) is 0 Å². The van der Waals surface area contributed by atoms with Gasteiger partial charge in [-0.2, -0.15) is 0 Å². The van der Waals surface area contributed by atoms with Crippen molar-refractivity contribution in [1.29, 1.82) is 0 Å². The lowest BCUT2D eigenvalue weighted by Crippen LogP contribution is -2.68. The summed E-state index contributed by atoms with van der Waals surface area (Å²) in [5.41, 5.74) is -0.172. The van der Waals surface area contributed by atoms with Gasteiger partial charge in [0.15, 0.2) is 12.2 Å². The Bertz CT molecular complexity index is 1400. The first kappa shape index (κ1) is 39.4. The highest BCUT2D eigenvalue weighted by Crippen LogP contribution is 2.38. The van der Waals surface area contributed by atoms with Gasteiger partial charge in [-0.15, -0.1) is 6.58 Å². The van der Waals surface area contributed by atoms with Crippen molar-refractivity contribution in [3.05, 3.63) is 41.5 Å². The third kappa shape index (κ3) is 11.5. The number of rotatable bonds is 14. The summed E-state index contributed by atoms with van der Waals surface area (Å²) in [4.78, 5) is 86.2. The number of carbonyl (C=O) groups excluding carboxylic acids is 7. The summed E-state index contributed by atoms with van der Waals surface area (Å²) in [6.45, 7) is 13.4. The lowest BCUT2D eigenvalue weighted by atomic mass is 9.81. The maximum atomic E-state index is 13.3. The molecular formula is C33H44N2O13. The Morgan fingerprint density at radius 1 is 0.917 bits per heavy atom. The van der Waals surface area contributed by atoms with Crippen LogP contribution in [-0.4, -0.2) is 90.9 Å². The third-order valence-electron chi connectivity index (χ3n) is 7.20. The molecule has 0 saturated carbocycles. The predicted octanol–water partition coefficient (Wildman–Crippen LogP) is 1.93. The van der Waals surface area contributed by atoms with Crippen LogP contribution in [-0.2, 0) is 52.5 Å². The highest BCUT2D eigenvalue weighted by molar-refractivity contribution is 5.95. The molecule has 0 bridgehead atoms. The largest absolute Gasteiger partial charge is 0.463 e. The number of hydrogen-bond donors (Lipinski definition) is 2. The second-order valence-corrected chi connectivity index (χ2v) is 11.6. The van der Waals surface area contributed by atoms with E-state index in [4.69, 9.17) is 28.4 Å². The molecule has 1 fully saturated rings. The van der Waals surface area contributed by atoms with Gasteiger partial charge < -0.3 is 39.1 Å². The van der Waals surface area contributed by atoms with E-state index in [0.29, 0.717) is 16.9 Å². The fourth-order valence-corrected chi connectivity index (χ4v) is 5.57. The standard InChI is InChI=1S/C33H44N2O13/c1-10-11-33(16-43-20(5)37)14-26(44-21(6)38)28(35-19(4)36)31(48-33)30(47-24(9)41)27(45-22(7)39)15-34-32(42)25-12-17(2)29(18(3)13-25)46-23(8)40/h10,12-13,26-28,30-31H,1,11,14-16H2,2-9H3,(H,34,42)(H,35,36)/t26-,27?,28+,30?,31+,33+/m0/s1. The quantitative estimate of drug-likeness (QED) is 0.126. The molecule has 0 spiro atoms. The van der Waals surface area contributed by atoms with Crippen molar-refractivity contribution in [2.45, 2.75) is 104 Å². The van der Waals surface area contributed by atoms with Crippen LogP contribution in [0.4, 0.5) is 0 Å². The van der Waals surface area contributed by atoms with Crippen LogP contribution in [0.2, 0.25) is 0 Å². The van der Waals surface area contributed by atoms with Crippen molar-refractivity contribution in [3.8, 4) is 5.75 Å². The zero-order valence-electron chi connectivity index (χ0n) is 28.5. The molecule has 1 saturated heterocycles. The fourth-order valence-electron chi connectivity index (χ4n) is 5.57. The number of nitrogens with one attached hydrogen (secondary N) is 2. The van der Waals surface area contributed by atoms with Crippen molar-refractivity contribution in [2.75, 3.05) is 13.2 Å². The number of aryl methyl sites for hydroxylation is 2. The fraction of sp³-hybridized carbons (Fsp3) is 0.545. The molecule has 1 aliphatic heterocycles. The van der Waals surface area contributed by atoms with Crippen LogP contribution >= 0.6 is 0 Å². The molecular weight excluding hydrogens is 632 g/mol. The molecule has 6 atom stereocenters. The summed E-state index contributed by atoms with van der Waals surface area (Å²) in [6.07, 6.45) is -3.94. The van der Waals surface area contributed by atoms with Gasteiger partial charge in [0.1, 0.15) is 30.2 Å². The SMILES string of the molecule is C=CC[C@]1(COC(C)=O)C[C@H](OC(C)=O)[C@@H](NC(C)=O)[C@H](C(OC(C)=O)C(CNC(=O)c2cc(C)c(OC(C)=O)c(C)c2)OC(C)=O)O1. The van der Waals surface area contributed by atoms with E-state index in [9.17, 15) is 33.6 Å². The zero-order chi connectivity index (χ0) is 36.3. The van der Waals surface area contributed by atoms with Crippen molar-refractivity contribution in [3.63, 3.8) is 0 Å². The van der Waals surface area contributed by atoms with Crippen LogP contribution in [0.3, 0.4) is 0 Å². The number of benzene rings is 1. The molecule has 2 rings (SSSR count). The molecule has 0 radical (unpaired) electrons. The van der Waals surface area contributed by atoms with Crippen LogP contribution in [0.1, 0.15) is 75.9 Å². The van der Waals surface area contributed by atoms with Gasteiger partial charge in [-0.1, -0.05) is 6.08 Å². The molecule has 1 aromatic rings. The topological polar surface area (TPSA) is 199 Å². The van der Waals surface area contributed by atoms with Crippen molar-refractivity contribution >= 4 is 41.7 Å². The van der Waals surface area contributed by atoms with Gasteiger partial charge in [-0.05, 0) is 43.5 Å². The minimum absolute atomic E-state index is 0.0607. The minimum atomic E-state index is -1.52. The first-order chi connectivity index (χ1) is 22.4. The van der Waals surface area contributed by atoms with E-state index in [2.05, 4.69) is 17.2 Å². The van der Waals surface area contributed by atoms with Gasteiger partial charge in [0.05, 0.1) is 12.6 Å². The van der Waals surface area contributed by atoms with E-state index in [-0.39, 0.29) is 25.0 Å². The van der Waals surface area contributed by atoms with E-state index in [1.54, 1.807) is 13.8 Å². The summed E-state index contributed by atoms with van der Waals surface area (Å²) in [5, 5.41) is 5.35. The van der Waals surface area contributed by atoms with Gasteiger partial charge in [-0.25, -0.2) is 0 Å². The summed E-state index contributed by atoms with van der Waals surface area (Å²) in [7, 11) is 0. The van der Waals surface area contributed by atoms with Crippen molar-refractivity contribution < 1.29 is 62.0 Å². The van der Waals surface area contributed by atoms with Crippen LogP contribution in [0, 0.1) is 13.8 Å². The van der Waals surface area contributed by atoms with E-state index in [1.807, 2.05) is 0 Å². The molecule has 1 heterocycles. The maximum Gasteiger partial charge on any atom is 0.308 e. The molecule has 0 aromatic heterocycles. The van der Waals surface area contributed by atoms with E-state index in [1.165, 1.54) is 45.9 Å². The predicted molar refractivity (Wildman–Crippen MR) is 167 cm³/mol. The summed E-state index contributed by atoms with van der Waals surface area (Å²) in [5.74, 6) is -4.33. The van der Waals surface area contributed by atoms with Gasteiger partial charge >= 0.3 is 29.8 Å². The molecule has 48 heavy (non-hydrogen) atoms. The normalized spacial score (nSPS) is 21.4. The molecule has 15 heteroatoms. The van der Waals surface area contributed by atoms with Crippen LogP contribution < -0.4 is 15.4 Å². The summed E-state index contributed by atoms with van der Waals surface area (Å²) in [6, 6.07) is 1.84. The molecule has 0 aliphatic carbocycles. The zero-order valence-corrected chi connectivity index (χ0v) is 28.5. The number of ether oxygens (including phenoxy) is 6. The Labute approximate surface area is 279 Å². The first-order valence-corrected chi connectivity index (χ1v) is 15.2. The number of hydrogen-bond acceptors (Lipinski definition) is 13. The van der Waals surface area contributed by atoms with E-state index >= 15 is 0 Å². The third-order valence-corrected chi connectivity index (χ3v) is 7.20. The maximum absolute atomic E-state index is 13.3. The highest BCUT2D eigenvalue weighted by atomic mass is 16.6. The molecule has 15 nitrogen and oxygen atoms in total. The van der Waals surface area contributed by atoms with Gasteiger partial charge in [-0.3, -0.25) is 33.6 Å². The number of carbonyl (C=O) groups is 7. The minimum Gasteiger partial charge on any atom is -0.463 e. The Morgan fingerprint density at radius 2 is 1.52 bits per heavy atom. The van der Waals surface area contributed by atoms with Crippen molar-refractivity contribution in [1.82, 2.24) is 10.6 Å². The molecule has 2 N–H and O–H groups in total. The Hall–Kier alpha value is -4.79. The Morgan fingerprint density at radius 3 is 2.00 bits per heavy atom. The molecule has 264 valence electrons. The lowest BCUT2D eigenvalue weighted by Gasteiger charge is -2.50. The molecule has 1 aromatic carbocycles. The van der Waals surface area contributed by atoms with Gasteiger partial charge in [0.2, 0.25) is 5.91 Å². The van der Waals surface area contributed by atoms with E-state index < -0.39 is 84.3 Å². The molecule has 1 aliphatic rings. The van der Waals surface area contributed by atoms with Gasteiger partial charge in [0, 0.05) is 53.5 Å². The Balaban J connectivity index is 2.63. The highest BCUT2D eigenvalue weighted by Gasteiger charge is 2.54. The number of amides is 2. The molecule has 2 unspecified atom stereocenters. The van der Waals surface area contributed by atoms with Crippen molar-refractivity contribution in [2.24, 2.45) is 0 Å². The summed E-state index contributed by atoms with van der Waals surface area (Å²) < 4.78 is 33.9. The second-order valence-electron chi connectivity index (χ2n) is 11.6. The first-order valence-electron chi connectivity index (χ1n) is 15.2. The second kappa shape index (κ2) is 17.4. The summed E-state index contributed by atoms with van der Waals surface area (Å²) >= 11 is 0. The average Bonchev–Trinajstić information content (AvgIpc) is 2.95. The average molecular weight is 677 g/mol. The van der Waals surface area contributed by atoms with Gasteiger partial charge in [0.25, 0.3) is 5.91 Å². The van der Waals surface area contributed by atoms with E-state index in [0.717, 1.165) is 13.8 Å². The number of esters is 5. The van der Waals surface area contributed by atoms with Crippen LogP contribution in [0.5, 0.6) is 5.75 Å². The lowest BCUT2D eigenvalue weighted by molar-refractivity contribution is -0.243. The smallest absolute Gasteiger partial charge is 0.308 e.